The van der Waals surface area contributed by atoms with E-state index in [-0.39, 0.29) is 29.2 Å². The zero-order valence-electron chi connectivity index (χ0n) is 7.67. The maximum atomic E-state index is 11.6. The monoisotopic (exact) mass is 290 g/mol. The molecule has 0 aliphatic rings. The van der Waals surface area contributed by atoms with Crippen LogP contribution in [0.25, 0.3) is 0 Å². The molecule has 1 aromatic rings. The van der Waals surface area contributed by atoms with E-state index in [1.54, 1.807) is 6.07 Å². The average molecular weight is 292 g/mol. The Bertz CT molecular complexity index is 404. The van der Waals surface area contributed by atoms with E-state index in [0.717, 1.165) is 0 Å². The molecule has 0 saturated carbocycles. The Labute approximate surface area is 100 Å². The van der Waals surface area contributed by atoms with Gasteiger partial charge in [0, 0.05) is 22.3 Å². The number of aromatic carboxylic acids is 1. The zero-order valence-corrected chi connectivity index (χ0v) is 10.0. The molecule has 0 saturated heterocycles. The molecular formula is C10H8BrClO3. The number of carboxylic acids is 1. The van der Waals surface area contributed by atoms with Gasteiger partial charge < -0.3 is 5.11 Å². The molecule has 0 heterocycles. The van der Waals surface area contributed by atoms with Gasteiger partial charge in [0.1, 0.15) is 0 Å². The van der Waals surface area contributed by atoms with Crippen molar-refractivity contribution in [2.24, 2.45) is 0 Å². The number of rotatable bonds is 4. The first kappa shape index (κ1) is 12.2. The van der Waals surface area contributed by atoms with Crippen LogP contribution in [-0.4, -0.2) is 22.7 Å². The van der Waals surface area contributed by atoms with Crippen LogP contribution in [0.5, 0.6) is 0 Å². The fourth-order valence-electron chi connectivity index (χ4n) is 1.15. The van der Waals surface area contributed by atoms with Gasteiger partial charge in [0.2, 0.25) is 0 Å². The predicted octanol–water partition coefficient (Wildman–Crippen LogP) is 2.96. The van der Waals surface area contributed by atoms with E-state index >= 15 is 0 Å². The van der Waals surface area contributed by atoms with Crippen molar-refractivity contribution >= 4 is 39.3 Å². The molecule has 15 heavy (non-hydrogen) atoms. The van der Waals surface area contributed by atoms with Crippen molar-refractivity contribution in [1.82, 2.24) is 0 Å². The summed E-state index contributed by atoms with van der Waals surface area (Å²) in [7, 11) is 0. The third kappa shape index (κ3) is 3.04. The molecule has 80 valence electrons. The number of halogens is 2. The second-order valence-corrected chi connectivity index (χ2v) is 4.15. The van der Waals surface area contributed by atoms with Crippen LogP contribution < -0.4 is 0 Å². The lowest BCUT2D eigenvalue weighted by Gasteiger charge is -2.04. The van der Waals surface area contributed by atoms with Crippen LogP contribution in [0.15, 0.2) is 22.7 Å². The standard InChI is InChI=1S/C10H8BrClO3/c11-6-1-2-7(10(14)15)8(5-6)9(13)3-4-12/h1-2,5H,3-4H2,(H,14,15). The number of carbonyl (C=O) groups excluding carboxylic acids is 1. The summed E-state index contributed by atoms with van der Waals surface area (Å²) in [6.45, 7) is 0. The normalized spacial score (nSPS) is 10.0. The maximum absolute atomic E-state index is 11.6. The van der Waals surface area contributed by atoms with Gasteiger partial charge in [0.25, 0.3) is 0 Å². The van der Waals surface area contributed by atoms with Crippen molar-refractivity contribution in [3.8, 4) is 0 Å². The quantitative estimate of drug-likeness (QED) is 0.685. The molecular weight excluding hydrogens is 283 g/mol. The number of hydrogen-bond acceptors (Lipinski definition) is 2. The van der Waals surface area contributed by atoms with Gasteiger partial charge in [0.15, 0.2) is 5.78 Å². The number of benzene rings is 1. The molecule has 0 atom stereocenters. The van der Waals surface area contributed by atoms with Crippen LogP contribution in [-0.2, 0) is 0 Å². The van der Waals surface area contributed by atoms with Gasteiger partial charge in [-0.3, -0.25) is 4.79 Å². The summed E-state index contributed by atoms with van der Waals surface area (Å²) in [5.41, 5.74) is 0.200. The van der Waals surface area contributed by atoms with Crippen LogP contribution in [0.4, 0.5) is 0 Å². The SMILES string of the molecule is O=C(O)c1ccc(Br)cc1C(=O)CCCl. The van der Waals surface area contributed by atoms with Crippen molar-refractivity contribution in [2.75, 3.05) is 5.88 Å². The Hall–Kier alpha value is -0.870. The van der Waals surface area contributed by atoms with Gasteiger partial charge in [0.05, 0.1) is 5.56 Å². The molecule has 0 radical (unpaired) electrons. The highest BCUT2D eigenvalue weighted by Gasteiger charge is 2.16. The molecule has 0 amide bonds. The van der Waals surface area contributed by atoms with Crippen LogP contribution in [0, 0.1) is 0 Å². The predicted molar refractivity (Wildman–Crippen MR) is 60.8 cm³/mol. The zero-order chi connectivity index (χ0) is 11.4. The molecule has 0 bridgehead atoms. The summed E-state index contributed by atoms with van der Waals surface area (Å²) < 4.78 is 0.672. The average Bonchev–Trinajstić information content (AvgIpc) is 2.17. The first-order valence-corrected chi connectivity index (χ1v) is 5.51. The number of carboxylic acid groups (broad SMARTS) is 1. The Balaban J connectivity index is 3.18. The minimum Gasteiger partial charge on any atom is -0.478 e. The Morgan fingerprint density at radius 3 is 2.53 bits per heavy atom. The van der Waals surface area contributed by atoms with Crippen molar-refractivity contribution in [3.63, 3.8) is 0 Å². The van der Waals surface area contributed by atoms with E-state index in [4.69, 9.17) is 16.7 Å². The summed E-state index contributed by atoms with van der Waals surface area (Å²) >= 11 is 8.62. The summed E-state index contributed by atoms with van der Waals surface area (Å²) in [5, 5.41) is 8.87. The van der Waals surface area contributed by atoms with Crippen molar-refractivity contribution < 1.29 is 14.7 Å². The minimum atomic E-state index is -1.11. The van der Waals surface area contributed by atoms with Crippen molar-refractivity contribution in [3.05, 3.63) is 33.8 Å². The third-order valence-electron chi connectivity index (χ3n) is 1.83. The topological polar surface area (TPSA) is 54.4 Å². The molecule has 1 rings (SSSR count). The maximum Gasteiger partial charge on any atom is 0.336 e. The first-order chi connectivity index (χ1) is 7.06. The van der Waals surface area contributed by atoms with Gasteiger partial charge in [-0.2, -0.15) is 0 Å². The second-order valence-electron chi connectivity index (χ2n) is 2.86. The largest absolute Gasteiger partial charge is 0.478 e. The molecule has 1 aromatic carbocycles. The first-order valence-electron chi connectivity index (χ1n) is 4.18. The molecule has 0 aliphatic heterocycles. The second kappa shape index (κ2) is 5.28. The Morgan fingerprint density at radius 1 is 1.33 bits per heavy atom. The van der Waals surface area contributed by atoms with Gasteiger partial charge in [-0.25, -0.2) is 4.79 Å². The summed E-state index contributed by atoms with van der Waals surface area (Å²) in [6.07, 6.45) is 0.137. The van der Waals surface area contributed by atoms with E-state index in [2.05, 4.69) is 15.9 Å². The lowest BCUT2D eigenvalue weighted by atomic mass is 10.0. The molecule has 1 N–H and O–H groups in total. The fraction of sp³-hybridized carbons (Fsp3) is 0.200. The van der Waals surface area contributed by atoms with Crippen LogP contribution in [0.1, 0.15) is 27.1 Å². The van der Waals surface area contributed by atoms with Crippen LogP contribution in [0.2, 0.25) is 0 Å². The highest BCUT2D eigenvalue weighted by molar-refractivity contribution is 9.10. The molecule has 0 spiro atoms. The molecule has 0 fully saturated rings. The van der Waals surface area contributed by atoms with E-state index in [0.29, 0.717) is 4.47 Å². The molecule has 0 aromatic heterocycles. The number of hydrogen-bond donors (Lipinski definition) is 1. The highest BCUT2D eigenvalue weighted by atomic mass is 79.9. The molecule has 5 heteroatoms. The van der Waals surface area contributed by atoms with Gasteiger partial charge in [-0.15, -0.1) is 11.6 Å². The summed E-state index contributed by atoms with van der Waals surface area (Å²) in [5.74, 6) is -1.19. The summed E-state index contributed by atoms with van der Waals surface area (Å²) in [4.78, 5) is 22.4. The van der Waals surface area contributed by atoms with Crippen molar-refractivity contribution in [2.45, 2.75) is 6.42 Å². The Kier molecular flexibility index (Phi) is 4.29. The third-order valence-corrected chi connectivity index (χ3v) is 2.52. The van der Waals surface area contributed by atoms with Crippen molar-refractivity contribution in [1.29, 1.82) is 0 Å². The highest BCUT2D eigenvalue weighted by Crippen LogP contribution is 2.18. The number of alkyl halides is 1. The van der Waals surface area contributed by atoms with E-state index in [9.17, 15) is 9.59 Å². The number of Topliss-reactive ketones (excluding diaryl/α,β-unsaturated/α-hetero) is 1. The lowest BCUT2D eigenvalue weighted by Crippen LogP contribution is -2.09. The van der Waals surface area contributed by atoms with Crippen LogP contribution >= 0.6 is 27.5 Å². The van der Waals surface area contributed by atoms with E-state index in [1.807, 2.05) is 0 Å². The summed E-state index contributed by atoms with van der Waals surface area (Å²) in [6, 6.07) is 4.48. The van der Waals surface area contributed by atoms with E-state index < -0.39 is 5.97 Å². The molecule has 0 aliphatic carbocycles. The molecule has 0 unspecified atom stereocenters. The Morgan fingerprint density at radius 2 is 2.00 bits per heavy atom. The smallest absolute Gasteiger partial charge is 0.336 e. The van der Waals surface area contributed by atoms with Gasteiger partial charge in [-0.05, 0) is 18.2 Å². The van der Waals surface area contributed by atoms with Crippen LogP contribution in [0.3, 0.4) is 0 Å². The number of carbonyl (C=O) groups is 2. The molecule has 3 nitrogen and oxygen atoms in total. The fourth-order valence-corrected chi connectivity index (χ4v) is 1.69. The van der Waals surface area contributed by atoms with Gasteiger partial charge >= 0.3 is 5.97 Å². The number of ketones is 1. The van der Waals surface area contributed by atoms with E-state index in [1.165, 1.54) is 12.1 Å². The van der Waals surface area contributed by atoms with Gasteiger partial charge in [-0.1, -0.05) is 15.9 Å². The minimum absolute atomic E-state index is 0.00770. The lowest BCUT2D eigenvalue weighted by molar-refractivity contribution is 0.0692.